The largest absolute Gasteiger partial charge is 0.497 e. The number of carbonyl (C=O) groups is 1. The molecule has 1 amide bonds. The van der Waals surface area contributed by atoms with Crippen LogP contribution in [0.25, 0.3) is 10.9 Å². The van der Waals surface area contributed by atoms with Crippen LogP contribution in [0, 0.1) is 0 Å². The first-order chi connectivity index (χ1) is 11.0. The van der Waals surface area contributed by atoms with E-state index in [9.17, 15) is 9.59 Å². The number of fused-ring (bicyclic) bond motifs is 1. The molecule has 2 heterocycles. The molecule has 0 aliphatic rings. The highest BCUT2D eigenvalue weighted by Crippen LogP contribution is 2.18. The van der Waals surface area contributed by atoms with Crippen LogP contribution in [0.5, 0.6) is 5.75 Å². The predicted octanol–water partition coefficient (Wildman–Crippen LogP) is 2.14. The second-order valence-corrected chi connectivity index (χ2v) is 5.30. The lowest BCUT2D eigenvalue weighted by atomic mass is 10.2. The molecule has 0 atom stereocenters. The van der Waals surface area contributed by atoms with Gasteiger partial charge in [0.05, 0.1) is 18.0 Å². The third-order valence-corrected chi connectivity index (χ3v) is 3.87. The van der Waals surface area contributed by atoms with Crippen LogP contribution in [0.3, 0.4) is 0 Å². The molecule has 0 unspecified atom stereocenters. The van der Waals surface area contributed by atoms with Crippen LogP contribution in [0.4, 0.5) is 5.69 Å². The van der Waals surface area contributed by atoms with E-state index in [-0.39, 0.29) is 11.5 Å². The standard InChI is InChI=1S/C17H17N3O3/c1-19-9-8-14-13(17(19)22)10-15(20(14)2)16(21)18-11-4-6-12(23-3)7-5-11/h4-10H,1-3H3,(H,18,21). The lowest BCUT2D eigenvalue weighted by Gasteiger charge is -2.07. The number of anilines is 1. The van der Waals surface area contributed by atoms with Gasteiger partial charge < -0.3 is 19.2 Å². The summed E-state index contributed by atoms with van der Waals surface area (Å²) < 4.78 is 8.30. The van der Waals surface area contributed by atoms with Crippen molar-refractivity contribution in [1.82, 2.24) is 9.13 Å². The number of nitrogens with zero attached hydrogens (tertiary/aromatic N) is 2. The third-order valence-electron chi connectivity index (χ3n) is 3.87. The number of methoxy groups -OCH3 is 1. The fourth-order valence-electron chi connectivity index (χ4n) is 2.52. The molecule has 3 aromatic rings. The van der Waals surface area contributed by atoms with Crippen LogP contribution in [0.2, 0.25) is 0 Å². The van der Waals surface area contributed by atoms with E-state index in [2.05, 4.69) is 5.32 Å². The molecule has 0 saturated heterocycles. The fourth-order valence-corrected chi connectivity index (χ4v) is 2.52. The number of ether oxygens (including phenoxy) is 1. The van der Waals surface area contributed by atoms with Gasteiger partial charge in [-0.2, -0.15) is 0 Å². The van der Waals surface area contributed by atoms with Crippen LogP contribution in [-0.4, -0.2) is 22.2 Å². The van der Waals surface area contributed by atoms with Crippen molar-refractivity contribution in [3.05, 3.63) is 58.6 Å². The minimum atomic E-state index is -0.268. The predicted molar refractivity (Wildman–Crippen MR) is 89.1 cm³/mol. The Hall–Kier alpha value is -3.02. The van der Waals surface area contributed by atoms with E-state index in [1.165, 1.54) is 4.57 Å². The minimum Gasteiger partial charge on any atom is -0.497 e. The zero-order chi connectivity index (χ0) is 16.6. The molecule has 23 heavy (non-hydrogen) atoms. The number of amides is 1. The molecule has 0 fully saturated rings. The molecule has 0 spiro atoms. The number of rotatable bonds is 3. The normalized spacial score (nSPS) is 10.7. The first-order valence-electron chi connectivity index (χ1n) is 7.11. The van der Waals surface area contributed by atoms with Gasteiger partial charge in [-0.3, -0.25) is 9.59 Å². The van der Waals surface area contributed by atoms with E-state index < -0.39 is 0 Å². The maximum Gasteiger partial charge on any atom is 0.272 e. The summed E-state index contributed by atoms with van der Waals surface area (Å²) in [6.07, 6.45) is 1.69. The lowest BCUT2D eigenvalue weighted by molar-refractivity contribution is 0.101. The molecule has 1 N–H and O–H groups in total. The average molecular weight is 311 g/mol. The summed E-state index contributed by atoms with van der Waals surface area (Å²) >= 11 is 0. The van der Waals surface area contributed by atoms with Crippen LogP contribution in [-0.2, 0) is 14.1 Å². The molecular weight excluding hydrogens is 294 g/mol. The van der Waals surface area contributed by atoms with Gasteiger partial charge in [0.1, 0.15) is 11.4 Å². The number of hydrogen-bond acceptors (Lipinski definition) is 3. The Balaban J connectivity index is 1.96. The van der Waals surface area contributed by atoms with Crippen molar-refractivity contribution in [2.75, 3.05) is 12.4 Å². The van der Waals surface area contributed by atoms with E-state index in [0.29, 0.717) is 16.8 Å². The molecule has 2 aromatic heterocycles. The summed E-state index contributed by atoms with van der Waals surface area (Å²) in [5.41, 5.74) is 1.70. The maximum absolute atomic E-state index is 12.5. The zero-order valence-electron chi connectivity index (χ0n) is 13.2. The molecule has 0 aliphatic carbocycles. The van der Waals surface area contributed by atoms with Crippen LogP contribution >= 0.6 is 0 Å². The molecular formula is C17H17N3O3. The first kappa shape index (κ1) is 14.9. The minimum absolute atomic E-state index is 0.124. The quantitative estimate of drug-likeness (QED) is 0.806. The number of carbonyl (C=O) groups excluding carboxylic acids is 1. The van der Waals surface area contributed by atoms with Gasteiger partial charge in [-0.1, -0.05) is 0 Å². The van der Waals surface area contributed by atoms with E-state index >= 15 is 0 Å². The number of benzene rings is 1. The Morgan fingerprint density at radius 1 is 1.13 bits per heavy atom. The molecule has 1 aromatic carbocycles. The second-order valence-electron chi connectivity index (χ2n) is 5.30. The topological polar surface area (TPSA) is 65.3 Å². The highest BCUT2D eigenvalue weighted by atomic mass is 16.5. The summed E-state index contributed by atoms with van der Waals surface area (Å²) in [6.45, 7) is 0. The molecule has 3 rings (SSSR count). The average Bonchev–Trinajstić information content (AvgIpc) is 2.89. The fraction of sp³-hybridized carbons (Fsp3) is 0.176. The molecule has 0 bridgehead atoms. The van der Waals surface area contributed by atoms with Crippen molar-refractivity contribution in [1.29, 1.82) is 0 Å². The summed E-state index contributed by atoms with van der Waals surface area (Å²) in [5, 5.41) is 3.35. The van der Waals surface area contributed by atoms with E-state index in [1.807, 2.05) is 6.07 Å². The van der Waals surface area contributed by atoms with Gasteiger partial charge in [-0.15, -0.1) is 0 Å². The van der Waals surface area contributed by atoms with E-state index in [0.717, 1.165) is 11.3 Å². The Bertz CT molecular complexity index is 936. The second kappa shape index (κ2) is 5.64. The number of aromatic nitrogens is 2. The van der Waals surface area contributed by atoms with Crippen molar-refractivity contribution in [3.63, 3.8) is 0 Å². The van der Waals surface area contributed by atoms with Crippen LogP contribution < -0.4 is 15.6 Å². The SMILES string of the molecule is COc1ccc(NC(=O)c2cc3c(=O)n(C)ccc3n2C)cc1. The van der Waals surface area contributed by atoms with Crippen molar-refractivity contribution in [3.8, 4) is 5.75 Å². The first-order valence-corrected chi connectivity index (χ1v) is 7.11. The van der Waals surface area contributed by atoms with Gasteiger partial charge in [-0.25, -0.2) is 0 Å². The third kappa shape index (κ3) is 2.59. The van der Waals surface area contributed by atoms with Gasteiger partial charge in [0.2, 0.25) is 0 Å². The molecule has 0 radical (unpaired) electrons. The Morgan fingerprint density at radius 2 is 1.83 bits per heavy atom. The summed E-state index contributed by atoms with van der Waals surface area (Å²) in [6, 6.07) is 10.5. The Morgan fingerprint density at radius 3 is 2.48 bits per heavy atom. The van der Waals surface area contributed by atoms with Gasteiger partial charge in [0, 0.05) is 26.0 Å². The molecule has 0 saturated carbocycles. The van der Waals surface area contributed by atoms with Crippen molar-refractivity contribution in [2.45, 2.75) is 0 Å². The Kier molecular flexibility index (Phi) is 3.65. The van der Waals surface area contributed by atoms with E-state index in [4.69, 9.17) is 4.74 Å². The number of nitrogens with one attached hydrogen (secondary N) is 1. The van der Waals surface area contributed by atoms with E-state index in [1.54, 1.807) is 62.3 Å². The highest BCUT2D eigenvalue weighted by molar-refractivity contribution is 6.06. The van der Waals surface area contributed by atoms with Gasteiger partial charge >= 0.3 is 0 Å². The van der Waals surface area contributed by atoms with Crippen molar-refractivity contribution < 1.29 is 9.53 Å². The van der Waals surface area contributed by atoms with Crippen molar-refractivity contribution >= 4 is 22.5 Å². The molecule has 6 heteroatoms. The Labute approximate surface area is 132 Å². The molecule has 118 valence electrons. The smallest absolute Gasteiger partial charge is 0.272 e. The summed E-state index contributed by atoms with van der Waals surface area (Å²) in [4.78, 5) is 24.6. The molecule has 6 nitrogen and oxygen atoms in total. The van der Waals surface area contributed by atoms with Gasteiger partial charge in [-0.05, 0) is 36.4 Å². The van der Waals surface area contributed by atoms with Gasteiger partial charge in [0.25, 0.3) is 11.5 Å². The van der Waals surface area contributed by atoms with Crippen LogP contribution in [0.1, 0.15) is 10.5 Å². The summed E-state index contributed by atoms with van der Waals surface area (Å²) in [7, 11) is 5.04. The van der Waals surface area contributed by atoms with Gasteiger partial charge in [0.15, 0.2) is 0 Å². The van der Waals surface area contributed by atoms with Crippen LogP contribution in [0.15, 0.2) is 47.4 Å². The number of hydrogen-bond donors (Lipinski definition) is 1. The zero-order valence-corrected chi connectivity index (χ0v) is 13.2. The molecule has 0 aliphatic heterocycles. The maximum atomic E-state index is 12.5. The number of pyridine rings is 1. The monoisotopic (exact) mass is 311 g/mol. The highest BCUT2D eigenvalue weighted by Gasteiger charge is 2.15. The number of aryl methyl sites for hydroxylation is 2. The summed E-state index contributed by atoms with van der Waals surface area (Å²) in [5.74, 6) is 0.451. The lowest BCUT2D eigenvalue weighted by Crippen LogP contribution is -2.15. The van der Waals surface area contributed by atoms with Crippen molar-refractivity contribution in [2.24, 2.45) is 14.1 Å².